The van der Waals surface area contributed by atoms with Crippen LogP contribution in [-0.2, 0) is 9.53 Å². The number of carbonyl (C=O) groups is 1. The Bertz CT molecular complexity index is 205. The molecule has 0 saturated heterocycles. The molecule has 3 nitrogen and oxygen atoms in total. The number of carboxylic acids is 1. The molecule has 14 heavy (non-hydrogen) atoms. The molecule has 0 spiro atoms. The summed E-state index contributed by atoms with van der Waals surface area (Å²) in [6, 6.07) is 0. The Morgan fingerprint density at radius 3 is 2.50 bits per heavy atom. The number of ether oxygens (including phenoxy) is 1. The van der Waals surface area contributed by atoms with Crippen molar-refractivity contribution < 1.29 is 14.6 Å². The fourth-order valence-corrected chi connectivity index (χ4v) is 1.80. The first-order chi connectivity index (χ1) is 6.63. The van der Waals surface area contributed by atoms with Gasteiger partial charge in [-0.15, -0.1) is 6.58 Å². The largest absolute Gasteiger partial charge is 0.481 e. The highest BCUT2D eigenvalue weighted by molar-refractivity contribution is 5.70. The number of rotatable bonds is 4. The van der Waals surface area contributed by atoms with Crippen LogP contribution in [0.2, 0.25) is 0 Å². The summed E-state index contributed by atoms with van der Waals surface area (Å²) in [5.41, 5.74) is 0. The molecule has 80 valence electrons. The first kappa shape index (κ1) is 11.2. The van der Waals surface area contributed by atoms with Crippen molar-refractivity contribution in [2.45, 2.75) is 44.8 Å². The Labute approximate surface area is 84.8 Å². The van der Waals surface area contributed by atoms with Crippen molar-refractivity contribution in [1.82, 2.24) is 0 Å². The van der Waals surface area contributed by atoms with Gasteiger partial charge in [-0.25, -0.2) is 0 Å². The van der Waals surface area contributed by atoms with E-state index in [-0.39, 0.29) is 18.1 Å². The smallest absolute Gasteiger partial charge is 0.306 e. The van der Waals surface area contributed by atoms with Gasteiger partial charge in [-0.3, -0.25) is 4.79 Å². The number of aliphatic carboxylic acids is 1. The van der Waals surface area contributed by atoms with Gasteiger partial charge in [-0.2, -0.15) is 0 Å². The van der Waals surface area contributed by atoms with E-state index in [2.05, 4.69) is 6.58 Å². The van der Waals surface area contributed by atoms with Gasteiger partial charge < -0.3 is 9.84 Å². The minimum atomic E-state index is -0.666. The van der Waals surface area contributed by atoms with Crippen LogP contribution in [0.25, 0.3) is 0 Å². The van der Waals surface area contributed by atoms with E-state index in [1.165, 1.54) is 0 Å². The zero-order chi connectivity index (χ0) is 10.6. The van der Waals surface area contributed by atoms with Gasteiger partial charge in [-0.1, -0.05) is 6.08 Å². The summed E-state index contributed by atoms with van der Waals surface area (Å²) in [4.78, 5) is 10.7. The van der Waals surface area contributed by atoms with Crippen molar-refractivity contribution in [2.75, 3.05) is 0 Å². The fraction of sp³-hybridized carbons (Fsp3) is 0.727. The molecule has 1 rings (SSSR count). The van der Waals surface area contributed by atoms with Crippen LogP contribution in [0.1, 0.15) is 32.6 Å². The van der Waals surface area contributed by atoms with Crippen molar-refractivity contribution in [1.29, 1.82) is 0 Å². The van der Waals surface area contributed by atoms with Crippen LogP contribution < -0.4 is 0 Å². The molecule has 1 N–H and O–H groups in total. The maximum absolute atomic E-state index is 10.7. The molecule has 0 aliphatic heterocycles. The lowest BCUT2D eigenvalue weighted by molar-refractivity contribution is -0.144. The van der Waals surface area contributed by atoms with Crippen molar-refractivity contribution >= 4 is 5.97 Å². The lowest BCUT2D eigenvalue weighted by Crippen LogP contribution is -2.27. The van der Waals surface area contributed by atoms with Gasteiger partial charge in [-0.05, 0) is 32.6 Å². The standard InChI is InChI=1S/C11H18O3/c1-3-8(2)14-10-6-4-9(5-7-10)11(12)13/h3,8-10H,1,4-7H2,2H3,(H,12,13). The zero-order valence-corrected chi connectivity index (χ0v) is 8.61. The van der Waals surface area contributed by atoms with E-state index in [0.29, 0.717) is 0 Å². The van der Waals surface area contributed by atoms with Crippen LogP contribution in [0.5, 0.6) is 0 Å². The van der Waals surface area contributed by atoms with Crippen LogP contribution in [0.4, 0.5) is 0 Å². The van der Waals surface area contributed by atoms with Crippen molar-refractivity contribution in [2.24, 2.45) is 5.92 Å². The van der Waals surface area contributed by atoms with Crippen LogP contribution in [0.15, 0.2) is 12.7 Å². The average Bonchev–Trinajstić information content (AvgIpc) is 2.18. The summed E-state index contributed by atoms with van der Waals surface area (Å²) in [7, 11) is 0. The molecule has 0 aromatic heterocycles. The van der Waals surface area contributed by atoms with Gasteiger partial charge >= 0.3 is 5.97 Å². The lowest BCUT2D eigenvalue weighted by Gasteiger charge is -2.27. The summed E-state index contributed by atoms with van der Waals surface area (Å²) in [6.45, 7) is 5.60. The van der Waals surface area contributed by atoms with Crippen LogP contribution in [0, 0.1) is 5.92 Å². The maximum atomic E-state index is 10.7. The Morgan fingerprint density at radius 1 is 1.50 bits per heavy atom. The van der Waals surface area contributed by atoms with Crippen LogP contribution in [-0.4, -0.2) is 23.3 Å². The van der Waals surface area contributed by atoms with Gasteiger partial charge in [0.2, 0.25) is 0 Å². The van der Waals surface area contributed by atoms with E-state index in [9.17, 15) is 4.79 Å². The first-order valence-electron chi connectivity index (χ1n) is 5.14. The van der Waals surface area contributed by atoms with Crippen molar-refractivity contribution in [3.05, 3.63) is 12.7 Å². The quantitative estimate of drug-likeness (QED) is 0.704. The Balaban J connectivity index is 2.28. The van der Waals surface area contributed by atoms with Crippen LogP contribution >= 0.6 is 0 Å². The topological polar surface area (TPSA) is 46.5 Å². The second-order valence-corrected chi connectivity index (χ2v) is 3.89. The molecule has 1 atom stereocenters. The predicted octanol–water partition coefficient (Wildman–Crippen LogP) is 2.22. The molecule has 0 aromatic carbocycles. The monoisotopic (exact) mass is 198 g/mol. The van der Waals surface area contributed by atoms with Crippen molar-refractivity contribution in [3.8, 4) is 0 Å². The van der Waals surface area contributed by atoms with Crippen molar-refractivity contribution in [3.63, 3.8) is 0 Å². The lowest BCUT2D eigenvalue weighted by atomic mass is 9.87. The minimum Gasteiger partial charge on any atom is -0.481 e. The van der Waals surface area contributed by atoms with Gasteiger partial charge in [0.05, 0.1) is 18.1 Å². The highest BCUT2D eigenvalue weighted by Crippen LogP contribution is 2.27. The minimum absolute atomic E-state index is 0.0707. The van der Waals surface area contributed by atoms with E-state index < -0.39 is 5.97 Å². The Morgan fingerprint density at radius 2 is 2.07 bits per heavy atom. The third-order valence-corrected chi connectivity index (χ3v) is 2.76. The molecular formula is C11H18O3. The van der Waals surface area contributed by atoms with E-state index in [1.54, 1.807) is 6.08 Å². The molecule has 0 heterocycles. The normalized spacial score (nSPS) is 29.5. The average molecular weight is 198 g/mol. The summed E-state index contributed by atoms with van der Waals surface area (Å²) >= 11 is 0. The second-order valence-electron chi connectivity index (χ2n) is 3.89. The molecule has 1 fully saturated rings. The molecule has 0 aromatic rings. The SMILES string of the molecule is C=CC(C)OC1CCC(C(=O)O)CC1. The molecule has 0 bridgehead atoms. The zero-order valence-electron chi connectivity index (χ0n) is 8.61. The van der Waals surface area contributed by atoms with Gasteiger partial charge in [0.15, 0.2) is 0 Å². The Kier molecular flexibility index (Phi) is 4.14. The Hall–Kier alpha value is -0.830. The highest BCUT2D eigenvalue weighted by atomic mass is 16.5. The summed E-state index contributed by atoms with van der Waals surface area (Å²) in [5, 5.41) is 8.80. The summed E-state index contributed by atoms with van der Waals surface area (Å²) in [6.07, 6.45) is 5.25. The van der Waals surface area contributed by atoms with E-state index in [1.807, 2.05) is 6.92 Å². The van der Waals surface area contributed by atoms with E-state index in [4.69, 9.17) is 9.84 Å². The number of hydrogen-bond donors (Lipinski definition) is 1. The van der Waals surface area contributed by atoms with Gasteiger partial charge in [0.1, 0.15) is 0 Å². The van der Waals surface area contributed by atoms with Gasteiger partial charge in [0, 0.05) is 0 Å². The molecular weight excluding hydrogens is 180 g/mol. The molecule has 1 aliphatic rings. The molecule has 3 heteroatoms. The van der Waals surface area contributed by atoms with E-state index >= 15 is 0 Å². The predicted molar refractivity (Wildman–Crippen MR) is 54.1 cm³/mol. The van der Waals surface area contributed by atoms with Crippen LogP contribution in [0.3, 0.4) is 0 Å². The number of hydrogen-bond acceptors (Lipinski definition) is 2. The molecule has 0 amide bonds. The maximum Gasteiger partial charge on any atom is 0.306 e. The molecule has 1 saturated carbocycles. The molecule has 1 aliphatic carbocycles. The summed E-state index contributed by atoms with van der Waals surface area (Å²) in [5.74, 6) is -0.825. The fourth-order valence-electron chi connectivity index (χ4n) is 1.80. The first-order valence-corrected chi connectivity index (χ1v) is 5.14. The van der Waals surface area contributed by atoms with E-state index in [0.717, 1.165) is 25.7 Å². The molecule has 0 radical (unpaired) electrons. The summed E-state index contributed by atoms with van der Waals surface area (Å²) < 4.78 is 5.66. The highest BCUT2D eigenvalue weighted by Gasteiger charge is 2.26. The third-order valence-electron chi connectivity index (χ3n) is 2.76. The molecule has 1 unspecified atom stereocenters. The van der Waals surface area contributed by atoms with Gasteiger partial charge in [0.25, 0.3) is 0 Å². The third kappa shape index (κ3) is 3.14. The number of carboxylic acid groups (broad SMARTS) is 1. The second kappa shape index (κ2) is 5.15.